The van der Waals surface area contributed by atoms with Crippen LogP contribution in [0.2, 0.25) is 45.3 Å². The average molecular weight is 355 g/mol. The Morgan fingerprint density at radius 2 is 1.48 bits per heavy atom. The van der Waals surface area contributed by atoms with Gasteiger partial charge in [0.05, 0.1) is 12.7 Å². The van der Waals surface area contributed by atoms with Gasteiger partial charge in [0.2, 0.25) is 0 Å². The molecule has 0 amide bonds. The molecule has 0 fully saturated rings. The Hall–Kier alpha value is 0.451. The van der Waals surface area contributed by atoms with Gasteiger partial charge in [-0.3, -0.25) is 0 Å². The predicted molar refractivity (Wildman–Crippen MR) is 93.9 cm³/mol. The van der Waals surface area contributed by atoms with Crippen molar-refractivity contribution in [1.29, 1.82) is 0 Å². The van der Waals surface area contributed by atoms with Crippen LogP contribution in [0.1, 0.15) is 13.3 Å². The Kier molecular flexibility index (Phi) is 9.76. The first-order valence-electron chi connectivity index (χ1n) is 7.71. The minimum Gasteiger partial charge on any atom is -0.439 e. The zero-order valence-electron chi connectivity index (χ0n) is 14.7. The topological polar surface area (TPSA) is 68.2 Å². The summed E-state index contributed by atoms with van der Waals surface area (Å²) in [7, 11) is -4.81. The summed E-state index contributed by atoms with van der Waals surface area (Å²) in [4.78, 5) is 0. The van der Waals surface area contributed by atoms with Gasteiger partial charge in [-0.1, -0.05) is 0 Å². The van der Waals surface area contributed by atoms with Crippen molar-refractivity contribution in [1.82, 2.24) is 0 Å². The molecular formula is C13H34O5Si3. The first-order valence-corrected chi connectivity index (χ1v) is 16.3. The molecule has 2 atom stereocenters. The van der Waals surface area contributed by atoms with E-state index in [1.165, 1.54) is 0 Å². The highest BCUT2D eigenvalue weighted by Crippen LogP contribution is 2.16. The summed E-state index contributed by atoms with van der Waals surface area (Å²) in [6.07, 6.45) is -0.283. The molecule has 128 valence electrons. The van der Waals surface area contributed by atoms with E-state index >= 15 is 0 Å². The normalized spacial score (nSPS) is 16.3. The van der Waals surface area contributed by atoms with Gasteiger partial charge in [-0.25, -0.2) is 0 Å². The van der Waals surface area contributed by atoms with Crippen molar-refractivity contribution < 1.29 is 23.2 Å². The first kappa shape index (κ1) is 21.5. The standard InChI is InChI=1S/C13H34O5Si3/c1-12(13(15)11-14)16-9-8-10-19(17-20(2,3)4)18-21(5,6)7/h12-15,19H,8-11H2,1-7H3. The number of aliphatic hydroxyl groups is 2. The summed E-state index contributed by atoms with van der Waals surface area (Å²) >= 11 is 0. The molecule has 21 heavy (non-hydrogen) atoms. The summed E-state index contributed by atoms with van der Waals surface area (Å²) in [5.74, 6) is 0. The molecule has 0 radical (unpaired) electrons. The van der Waals surface area contributed by atoms with Crippen LogP contribution in [0.15, 0.2) is 0 Å². The van der Waals surface area contributed by atoms with Gasteiger partial charge in [0.15, 0.2) is 16.6 Å². The summed E-state index contributed by atoms with van der Waals surface area (Å²) in [5, 5.41) is 18.3. The maximum atomic E-state index is 9.44. The monoisotopic (exact) mass is 354 g/mol. The fourth-order valence-electron chi connectivity index (χ4n) is 1.71. The van der Waals surface area contributed by atoms with Gasteiger partial charge in [-0.05, 0) is 58.7 Å². The van der Waals surface area contributed by atoms with Gasteiger partial charge in [-0.2, -0.15) is 0 Å². The molecule has 0 aliphatic carbocycles. The molecule has 0 saturated heterocycles. The Bertz CT molecular complexity index is 262. The fourth-order valence-corrected chi connectivity index (χ4v) is 10.1. The molecule has 0 aromatic rings. The number of hydrogen-bond donors (Lipinski definition) is 2. The number of ether oxygens (including phenoxy) is 1. The van der Waals surface area contributed by atoms with E-state index in [0.29, 0.717) is 6.61 Å². The van der Waals surface area contributed by atoms with Crippen LogP contribution in [-0.4, -0.2) is 61.6 Å². The third-order valence-corrected chi connectivity index (χ3v) is 11.3. The molecule has 0 aliphatic rings. The molecule has 0 aromatic carbocycles. The maximum Gasteiger partial charge on any atom is 0.300 e. The molecule has 0 rings (SSSR count). The maximum absolute atomic E-state index is 9.44. The Balaban J connectivity index is 4.18. The van der Waals surface area contributed by atoms with Crippen LogP contribution < -0.4 is 0 Å². The lowest BCUT2D eigenvalue weighted by Gasteiger charge is -2.30. The summed E-state index contributed by atoms with van der Waals surface area (Å²) < 4.78 is 18.0. The van der Waals surface area contributed by atoms with E-state index in [1.807, 2.05) is 0 Å². The van der Waals surface area contributed by atoms with Gasteiger partial charge in [0.1, 0.15) is 6.10 Å². The molecule has 0 spiro atoms. The summed E-state index contributed by atoms with van der Waals surface area (Å²) in [6, 6.07) is 0.927. The molecule has 0 aromatic heterocycles. The van der Waals surface area contributed by atoms with Crippen molar-refractivity contribution >= 4 is 25.9 Å². The van der Waals surface area contributed by atoms with Gasteiger partial charge in [0, 0.05) is 6.61 Å². The molecule has 2 N–H and O–H groups in total. The highest BCUT2D eigenvalue weighted by Gasteiger charge is 2.28. The van der Waals surface area contributed by atoms with Gasteiger partial charge in [-0.15, -0.1) is 0 Å². The van der Waals surface area contributed by atoms with E-state index in [4.69, 9.17) is 18.1 Å². The molecule has 8 heteroatoms. The number of aliphatic hydroxyl groups excluding tert-OH is 2. The Labute approximate surface area is 133 Å². The van der Waals surface area contributed by atoms with E-state index in [0.717, 1.165) is 12.5 Å². The zero-order valence-corrected chi connectivity index (χ0v) is 17.8. The summed E-state index contributed by atoms with van der Waals surface area (Å²) in [6.45, 7) is 15.2. The smallest absolute Gasteiger partial charge is 0.300 e. The van der Waals surface area contributed by atoms with Crippen LogP contribution in [0.3, 0.4) is 0 Å². The van der Waals surface area contributed by atoms with Crippen LogP contribution in [-0.2, 0) is 13.0 Å². The highest BCUT2D eigenvalue weighted by atomic mass is 28.4. The third kappa shape index (κ3) is 12.7. The molecule has 2 unspecified atom stereocenters. The van der Waals surface area contributed by atoms with Gasteiger partial charge < -0.3 is 23.2 Å². The van der Waals surface area contributed by atoms with E-state index in [2.05, 4.69) is 39.3 Å². The van der Waals surface area contributed by atoms with Crippen LogP contribution in [0.4, 0.5) is 0 Å². The largest absolute Gasteiger partial charge is 0.439 e. The molecule has 0 bridgehead atoms. The number of rotatable bonds is 11. The van der Waals surface area contributed by atoms with Crippen LogP contribution in [0, 0.1) is 0 Å². The highest BCUT2D eigenvalue weighted by molar-refractivity contribution is 6.81. The van der Waals surface area contributed by atoms with Crippen LogP contribution in [0.5, 0.6) is 0 Å². The van der Waals surface area contributed by atoms with Crippen molar-refractivity contribution in [2.45, 2.75) is 70.9 Å². The van der Waals surface area contributed by atoms with E-state index in [9.17, 15) is 5.11 Å². The fraction of sp³-hybridized carbons (Fsp3) is 1.00. The SMILES string of the molecule is CC(OCCC[SiH](O[Si](C)(C)C)O[Si](C)(C)C)C(O)CO. The van der Waals surface area contributed by atoms with E-state index in [-0.39, 0.29) is 12.7 Å². The van der Waals surface area contributed by atoms with Crippen molar-refractivity contribution in [3.63, 3.8) is 0 Å². The van der Waals surface area contributed by atoms with Crippen molar-refractivity contribution in [3.8, 4) is 0 Å². The molecule has 0 heterocycles. The van der Waals surface area contributed by atoms with Gasteiger partial charge >= 0.3 is 9.28 Å². The quantitative estimate of drug-likeness (QED) is 0.439. The lowest BCUT2D eigenvalue weighted by atomic mass is 10.2. The predicted octanol–water partition coefficient (Wildman–Crippen LogP) is 2.06. The zero-order chi connectivity index (χ0) is 16.7. The van der Waals surface area contributed by atoms with E-state index < -0.39 is 32.0 Å². The minimum atomic E-state index is -1.65. The van der Waals surface area contributed by atoms with E-state index in [1.54, 1.807) is 6.92 Å². The Morgan fingerprint density at radius 1 is 1.00 bits per heavy atom. The van der Waals surface area contributed by atoms with Crippen molar-refractivity contribution in [3.05, 3.63) is 0 Å². The second-order valence-electron chi connectivity index (χ2n) is 7.36. The second-order valence-corrected chi connectivity index (χ2v) is 19.1. The average Bonchev–Trinajstić information content (AvgIpc) is 2.29. The van der Waals surface area contributed by atoms with Crippen LogP contribution >= 0.6 is 0 Å². The Morgan fingerprint density at radius 3 is 1.86 bits per heavy atom. The van der Waals surface area contributed by atoms with Gasteiger partial charge in [0.25, 0.3) is 0 Å². The molecule has 0 saturated carbocycles. The second kappa shape index (κ2) is 9.56. The van der Waals surface area contributed by atoms with Crippen LogP contribution in [0.25, 0.3) is 0 Å². The van der Waals surface area contributed by atoms with Crippen molar-refractivity contribution in [2.24, 2.45) is 0 Å². The lowest BCUT2D eigenvalue weighted by molar-refractivity contribution is -0.0480. The summed E-state index contributed by atoms with van der Waals surface area (Å²) in [5.41, 5.74) is 0. The molecule has 0 aliphatic heterocycles. The first-order chi connectivity index (χ1) is 9.44. The number of hydrogen-bond acceptors (Lipinski definition) is 5. The molecular weight excluding hydrogens is 320 g/mol. The lowest BCUT2D eigenvalue weighted by Crippen LogP contribution is -2.43. The molecule has 5 nitrogen and oxygen atoms in total. The van der Waals surface area contributed by atoms with Crippen molar-refractivity contribution in [2.75, 3.05) is 13.2 Å². The minimum absolute atomic E-state index is 0.268. The third-order valence-electron chi connectivity index (χ3n) is 2.66.